The van der Waals surface area contributed by atoms with Gasteiger partial charge in [-0.2, -0.15) is 0 Å². The van der Waals surface area contributed by atoms with Crippen molar-refractivity contribution >= 4 is 0 Å². The summed E-state index contributed by atoms with van der Waals surface area (Å²) in [6, 6.07) is 0.534. The summed E-state index contributed by atoms with van der Waals surface area (Å²) in [5.74, 6) is 0. The normalized spacial score (nSPS) is 37.3. The highest BCUT2D eigenvalue weighted by atomic mass is 16.5. The fourth-order valence-corrected chi connectivity index (χ4v) is 3.02. The zero-order chi connectivity index (χ0) is 10.0. The lowest BCUT2D eigenvalue weighted by atomic mass is 9.80. The van der Waals surface area contributed by atoms with Crippen molar-refractivity contribution in [3.8, 4) is 0 Å². The molecule has 0 radical (unpaired) electrons. The van der Waals surface area contributed by atoms with Gasteiger partial charge < -0.3 is 10.1 Å². The van der Waals surface area contributed by atoms with Crippen molar-refractivity contribution < 1.29 is 4.74 Å². The van der Waals surface area contributed by atoms with Crippen LogP contribution >= 0.6 is 0 Å². The van der Waals surface area contributed by atoms with E-state index in [2.05, 4.69) is 19.2 Å². The Bertz CT molecular complexity index is 187. The lowest BCUT2D eigenvalue weighted by molar-refractivity contribution is -0.0703. The van der Waals surface area contributed by atoms with Gasteiger partial charge in [-0.15, -0.1) is 0 Å². The first-order chi connectivity index (χ1) is 6.76. The molecule has 2 rings (SSSR count). The average molecular weight is 197 g/mol. The van der Waals surface area contributed by atoms with Crippen LogP contribution in [0.5, 0.6) is 0 Å². The summed E-state index contributed by atoms with van der Waals surface area (Å²) in [5.41, 5.74) is 0.337. The Morgan fingerprint density at radius 3 is 2.57 bits per heavy atom. The third kappa shape index (κ3) is 1.96. The average Bonchev–Trinajstić information content (AvgIpc) is 2.19. The Morgan fingerprint density at radius 1 is 1.29 bits per heavy atom. The number of nitrogens with one attached hydrogen (secondary N) is 1. The van der Waals surface area contributed by atoms with Gasteiger partial charge in [0.2, 0.25) is 0 Å². The van der Waals surface area contributed by atoms with Crippen LogP contribution < -0.4 is 5.32 Å². The highest BCUT2D eigenvalue weighted by molar-refractivity contribution is 4.97. The first-order valence-corrected chi connectivity index (χ1v) is 6.15. The van der Waals surface area contributed by atoms with E-state index in [9.17, 15) is 0 Å². The summed E-state index contributed by atoms with van der Waals surface area (Å²) in [6.07, 6.45) is 8.35. The number of morpholine rings is 1. The minimum atomic E-state index is 0.337. The van der Waals surface area contributed by atoms with Gasteiger partial charge in [0, 0.05) is 11.6 Å². The first kappa shape index (κ1) is 10.4. The standard InChI is InChI=1S/C12H23NO/c1-3-11-10(2)13-12(9-14-11)7-5-4-6-8-12/h10-11,13H,3-9H2,1-2H3. The van der Waals surface area contributed by atoms with Crippen molar-refractivity contribution in [1.82, 2.24) is 5.32 Å². The van der Waals surface area contributed by atoms with E-state index in [-0.39, 0.29) is 0 Å². The van der Waals surface area contributed by atoms with E-state index in [0.29, 0.717) is 17.7 Å². The fourth-order valence-electron chi connectivity index (χ4n) is 3.02. The van der Waals surface area contributed by atoms with E-state index < -0.39 is 0 Å². The van der Waals surface area contributed by atoms with Crippen molar-refractivity contribution in [2.24, 2.45) is 0 Å². The monoisotopic (exact) mass is 197 g/mol. The van der Waals surface area contributed by atoms with Gasteiger partial charge >= 0.3 is 0 Å². The van der Waals surface area contributed by atoms with Crippen LogP contribution in [0.3, 0.4) is 0 Å². The van der Waals surface area contributed by atoms with Crippen LogP contribution in [-0.4, -0.2) is 24.3 Å². The maximum Gasteiger partial charge on any atom is 0.0723 e. The summed E-state index contributed by atoms with van der Waals surface area (Å²) in [5, 5.41) is 3.81. The summed E-state index contributed by atoms with van der Waals surface area (Å²) in [4.78, 5) is 0. The molecule has 2 heteroatoms. The summed E-state index contributed by atoms with van der Waals surface area (Å²) in [7, 11) is 0. The molecular formula is C12H23NO. The smallest absolute Gasteiger partial charge is 0.0723 e. The van der Waals surface area contributed by atoms with Crippen LogP contribution in [-0.2, 0) is 4.74 Å². The molecule has 14 heavy (non-hydrogen) atoms. The van der Waals surface area contributed by atoms with Crippen LogP contribution in [0, 0.1) is 0 Å². The van der Waals surface area contributed by atoms with Gasteiger partial charge in [0.25, 0.3) is 0 Å². The molecule has 0 aromatic carbocycles. The van der Waals surface area contributed by atoms with Crippen molar-refractivity contribution in [2.45, 2.75) is 70.1 Å². The quantitative estimate of drug-likeness (QED) is 0.697. The van der Waals surface area contributed by atoms with Crippen LogP contribution in [0.1, 0.15) is 52.4 Å². The van der Waals surface area contributed by atoms with Crippen molar-refractivity contribution in [3.05, 3.63) is 0 Å². The first-order valence-electron chi connectivity index (χ1n) is 6.15. The van der Waals surface area contributed by atoms with Crippen LogP contribution in [0.15, 0.2) is 0 Å². The maximum atomic E-state index is 5.97. The topological polar surface area (TPSA) is 21.3 Å². The van der Waals surface area contributed by atoms with Gasteiger partial charge in [-0.05, 0) is 26.2 Å². The summed E-state index contributed by atoms with van der Waals surface area (Å²) < 4.78 is 5.97. The zero-order valence-corrected chi connectivity index (χ0v) is 9.51. The summed E-state index contributed by atoms with van der Waals surface area (Å²) in [6.45, 7) is 5.42. The van der Waals surface area contributed by atoms with Crippen molar-refractivity contribution in [3.63, 3.8) is 0 Å². The summed E-state index contributed by atoms with van der Waals surface area (Å²) >= 11 is 0. The molecule has 82 valence electrons. The predicted molar refractivity (Wildman–Crippen MR) is 58.4 cm³/mol. The fraction of sp³-hybridized carbons (Fsp3) is 1.00. The van der Waals surface area contributed by atoms with Gasteiger partial charge in [-0.25, -0.2) is 0 Å². The Labute approximate surface area is 87.4 Å². The number of hydrogen-bond acceptors (Lipinski definition) is 2. The second-order valence-corrected chi connectivity index (χ2v) is 5.03. The largest absolute Gasteiger partial charge is 0.375 e. The van der Waals surface area contributed by atoms with E-state index in [0.717, 1.165) is 13.0 Å². The Kier molecular flexibility index (Phi) is 3.13. The van der Waals surface area contributed by atoms with Gasteiger partial charge in [0.15, 0.2) is 0 Å². The van der Waals surface area contributed by atoms with E-state index in [1.165, 1.54) is 32.1 Å². The lowest BCUT2D eigenvalue weighted by Gasteiger charge is -2.47. The molecule has 1 spiro atoms. The zero-order valence-electron chi connectivity index (χ0n) is 9.51. The van der Waals surface area contributed by atoms with Gasteiger partial charge in [-0.1, -0.05) is 26.2 Å². The van der Waals surface area contributed by atoms with Crippen molar-refractivity contribution in [2.75, 3.05) is 6.61 Å². The van der Waals surface area contributed by atoms with Crippen LogP contribution in [0.4, 0.5) is 0 Å². The maximum absolute atomic E-state index is 5.97. The SMILES string of the molecule is CCC1OCC2(CCCCC2)NC1C. The molecule has 1 heterocycles. The molecule has 0 bridgehead atoms. The number of ether oxygens (including phenoxy) is 1. The number of hydrogen-bond donors (Lipinski definition) is 1. The Morgan fingerprint density at radius 2 is 2.00 bits per heavy atom. The van der Waals surface area contributed by atoms with E-state index in [4.69, 9.17) is 4.74 Å². The molecule has 2 nitrogen and oxygen atoms in total. The van der Waals surface area contributed by atoms with Gasteiger partial charge in [0.1, 0.15) is 0 Å². The van der Waals surface area contributed by atoms with Crippen LogP contribution in [0.25, 0.3) is 0 Å². The third-order valence-electron chi connectivity index (χ3n) is 3.88. The molecule has 1 saturated heterocycles. The second kappa shape index (κ2) is 4.19. The predicted octanol–water partition coefficient (Wildman–Crippen LogP) is 2.48. The molecule has 0 aromatic rings. The lowest BCUT2D eigenvalue weighted by Crippen LogP contribution is -2.62. The van der Waals surface area contributed by atoms with Gasteiger partial charge in [-0.3, -0.25) is 0 Å². The highest BCUT2D eigenvalue weighted by Crippen LogP contribution is 2.32. The minimum absolute atomic E-state index is 0.337. The third-order valence-corrected chi connectivity index (χ3v) is 3.88. The second-order valence-electron chi connectivity index (χ2n) is 5.03. The molecule has 1 N–H and O–H groups in total. The Balaban J connectivity index is 1.96. The molecule has 2 aliphatic rings. The number of rotatable bonds is 1. The highest BCUT2D eigenvalue weighted by Gasteiger charge is 2.39. The molecular weight excluding hydrogens is 174 g/mol. The molecule has 2 fully saturated rings. The molecule has 0 aromatic heterocycles. The molecule has 1 saturated carbocycles. The van der Waals surface area contributed by atoms with E-state index >= 15 is 0 Å². The van der Waals surface area contributed by atoms with E-state index in [1.54, 1.807) is 0 Å². The molecule has 1 aliphatic carbocycles. The molecule has 0 amide bonds. The van der Waals surface area contributed by atoms with Crippen LogP contribution in [0.2, 0.25) is 0 Å². The Hall–Kier alpha value is -0.0800. The van der Waals surface area contributed by atoms with Gasteiger partial charge in [0.05, 0.1) is 12.7 Å². The van der Waals surface area contributed by atoms with Crippen molar-refractivity contribution in [1.29, 1.82) is 0 Å². The molecule has 1 aliphatic heterocycles. The molecule has 2 atom stereocenters. The minimum Gasteiger partial charge on any atom is -0.375 e. The van der Waals surface area contributed by atoms with E-state index in [1.807, 2.05) is 0 Å². The molecule has 2 unspecified atom stereocenters.